The van der Waals surface area contributed by atoms with Crippen molar-refractivity contribution in [3.8, 4) is 0 Å². The van der Waals surface area contributed by atoms with Crippen LogP contribution in [0.5, 0.6) is 0 Å². The van der Waals surface area contributed by atoms with E-state index in [2.05, 4.69) is 11.6 Å². The summed E-state index contributed by atoms with van der Waals surface area (Å²) in [4.78, 5) is 15.2. The van der Waals surface area contributed by atoms with Crippen LogP contribution in [0.2, 0.25) is 0 Å². The van der Waals surface area contributed by atoms with Crippen LogP contribution in [0.3, 0.4) is 0 Å². The Morgan fingerprint density at radius 2 is 2.14 bits per heavy atom. The third-order valence-electron chi connectivity index (χ3n) is 4.08. The molecule has 0 bridgehead atoms. The summed E-state index contributed by atoms with van der Waals surface area (Å²) in [5, 5.41) is 0. The van der Waals surface area contributed by atoms with E-state index in [0.717, 1.165) is 43.5 Å². The van der Waals surface area contributed by atoms with E-state index >= 15 is 0 Å². The number of rotatable bonds is 6. The fourth-order valence-electron chi connectivity index (χ4n) is 2.78. The number of amides is 1. The van der Waals surface area contributed by atoms with Gasteiger partial charge in [-0.15, -0.1) is 11.3 Å². The van der Waals surface area contributed by atoms with Gasteiger partial charge in [-0.1, -0.05) is 13.8 Å². The van der Waals surface area contributed by atoms with E-state index < -0.39 is 10.0 Å². The van der Waals surface area contributed by atoms with Crippen LogP contribution in [0.15, 0.2) is 16.3 Å². The maximum atomic E-state index is 12.3. The standard InChI is InChI=1S/C15H24N2O3S2/c1-3-12-7-5-6-10-17(12)14(18)11-16-22(19,20)15-9-8-13(4-2)21-15/h8-9,12,16H,3-7,10-11H2,1-2H3. The van der Waals surface area contributed by atoms with Gasteiger partial charge in [-0.3, -0.25) is 4.79 Å². The second-order valence-corrected chi connectivity index (χ2v) is 8.71. The maximum absolute atomic E-state index is 12.3. The summed E-state index contributed by atoms with van der Waals surface area (Å²) in [6.45, 7) is 4.63. The zero-order valence-electron chi connectivity index (χ0n) is 13.2. The monoisotopic (exact) mass is 344 g/mol. The van der Waals surface area contributed by atoms with Gasteiger partial charge in [0.1, 0.15) is 4.21 Å². The molecular formula is C15H24N2O3S2. The molecule has 1 aliphatic rings. The van der Waals surface area contributed by atoms with Gasteiger partial charge in [-0.05, 0) is 44.2 Å². The molecule has 1 aromatic heterocycles. The molecule has 1 aliphatic heterocycles. The van der Waals surface area contributed by atoms with Gasteiger partial charge in [-0.25, -0.2) is 13.1 Å². The van der Waals surface area contributed by atoms with Crippen molar-refractivity contribution in [1.82, 2.24) is 9.62 Å². The number of sulfonamides is 1. The Hall–Kier alpha value is -0.920. The molecule has 7 heteroatoms. The number of likely N-dealkylation sites (tertiary alicyclic amines) is 1. The Morgan fingerprint density at radius 3 is 2.77 bits per heavy atom. The van der Waals surface area contributed by atoms with Gasteiger partial charge in [0.2, 0.25) is 5.91 Å². The number of aryl methyl sites for hydroxylation is 1. The molecule has 1 atom stereocenters. The van der Waals surface area contributed by atoms with E-state index in [9.17, 15) is 13.2 Å². The zero-order valence-corrected chi connectivity index (χ0v) is 14.8. The highest BCUT2D eigenvalue weighted by Gasteiger charge is 2.26. The largest absolute Gasteiger partial charge is 0.339 e. The molecule has 0 saturated carbocycles. The van der Waals surface area contributed by atoms with Crippen molar-refractivity contribution in [2.75, 3.05) is 13.1 Å². The van der Waals surface area contributed by atoms with Crippen LogP contribution in [0, 0.1) is 0 Å². The fraction of sp³-hybridized carbons (Fsp3) is 0.667. The molecular weight excluding hydrogens is 320 g/mol. The lowest BCUT2D eigenvalue weighted by molar-refractivity contribution is -0.133. The first kappa shape index (κ1) is 17.4. The topological polar surface area (TPSA) is 66.5 Å². The minimum absolute atomic E-state index is 0.123. The third-order valence-corrected chi connectivity index (χ3v) is 7.21. The van der Waals surface area contributed by atoms with Gasteiger partial charge in [-0.2, -0.15) is 0 Å². The summed E-state index contributed by atoms with van der Waals surface area (Å²) in [5.41, 5.74) is 0. The smallest absolute Gasteiger partial charge is 0.250 e. The molecule has 0 spiro atoms. The Bertz CT molecular complexity index is 610. The first-order chi connectivity index (χ1) is 10.5. The van der Waals surface area contributed by atoms with E-state index in [1.165, 1.54) is 11.3 Å². The van der Waals surface area contributed by atoms with E-state index in [0.29, 0.717) is 0 Å². The van der Waals surface area contributed by atoms with Gasteiger partial charge in [0.25, 0.3) is 10.0 Å². The number of hydrogen-bond donors (Lipinski definition) is 1. The van der Waals surface area contributed by atoms with Crippen LogP contribution in [-0.2, 0) is 21.2 Å². The van der Waals surface area contributed by atoms with Crippen molar-refractivity contribution in [3.63, 3.8) is 0 Å². The van der Waals surface area contributed by atoms with Crippen LogP contribution in [0.4, 0.5) is 0 Å². The number of nitrogens with one attached hydrogen (secondary N) is 1. The lowest BCUT2D eigenvalue weighted by Gasteiger charge is -2.35. The molecule has 0 aliphatic carbocycles. The Morgan fingerprint density at radius 1 is 1.36 bits per heavy atom. The first-order valence-corrected chi connectivity index (χ1v) is 10.2. The highest BCUT2D eigenvalue weighted by atomic mass is 32.2. The number of hydrogen-bond acceptors (Lipinski definition) is 4. The highest BCUT2D eigenvalue weighted by Crippen LogP contribution is 2.22. The van der Waals surface area contributed by atoms with Gasteiger partial charge in [0.05, 0.1) is 6.54 Å². The van der Waals surface area contributed by atoms with Crippen molar-refractivity contribution in [3.05, 3.63) is 17.0 Å². The van der Waals surface area contributed by atoms with Crippen molar-refractivity contribution in [1.29, 1.82) is 0 Å². The molecule has 1 amide bonds. The quantitative estimate of drug-likeness (QED) is 0.861. The summed E-state index contributed by atoms with van der Waals surface area (Å²) in [6.07, 6.45) is 4.89. The highest BCUT2D eigenvalue weighted by molar-refractivity contribution is 7.91. The van der Waals surface area contributed by atoms with Gasteiger partial charge in [0.15, 0.2) is 0 Å². The third kappa shape index (κ3) is 4.08. The average Bonchev–Trinajstić information content (AvgIpc) is 3.02. The van der Waals surface area contributed by atoms with E-state index in [-0.39, 0.29) is 22.7 Å². The number of carbonyl (C=O) groups is 1. The molecule has 2 rings (SSSR count). The van der Waals surface area contributed by atoms with E-state index in [1.807, 2.05) is 17.9 Å². The predicted molar refractivity (Wildman–Crippen MR) is 88.5 cm³/mol. The minimum atomic E-state index is -3.59. The first-order valence-electron chi connectivity index (χ1n) is 7.85. The van der Waals surface area contributed by atoms with Gasteiger partial charge in [0, 0.05) is 17.5 Å². The molecule has 1 aromatic rings. The van der Waals surface area contributed by atoms with Crippen molar-refractivity contribution in [2.45, 2.75) is 56.2 Å². The van der Waals surface area contributed by atoms with Crippen LogP contribution < -0.4 is 4.72 Å². The average molecular weight is 345 g/mol. The normalized spacial score (nSPS) is 19.4. The van der Waals surface area contributed by atoms with Crippen molar-refractivity contribution < 1.29 is 13.2 Å². The number of carbonyl (C=O) groups excluding carboxylic acids is 1. The lowest BCUT2D eigenvalue weighted by Crippen LogP contribution is -2.47. The second kappa shape index (κ2) is 7.57. The summed E-state index contributed by atoms with van der Waals surface area (Å²) in [6, 6.07) is 3.67. The maximum Gasteiger partial charge on any atom is 0.250 e. The summed E-state index contributed by atoms with van der Waals surface area (Å²) >= 11 is 1.26. The molecule has 5 nitrogen and oxygen atoms in total. The molecule has 0 aromatic carbocycles. The van der Waals surface area contributed by atoms with Crippen LogP contribution in [0.1, 0.15) is 44.4 Å². The second-order valence-electron chi connectivity index (χ2n) is 5.54. The van der Waals surface area contributed by atoms with E-state index in [4.69, 9.17) is 0 Å². The molecule has 1 N–H and O–H groups in total. The van der Waals surface area contributed by atoms with Crippen LogP contribution >= 0.6 is 11.3 Å². The van der Waals surface area contributed by atoms with Crippen molar-refractivity contribution in [2.24, 2.45) is 0 Å². The summed E-state index contributed by atoms with van der Waals surface area (Å²) in [7, 11) is -3.59. The Kier molecular flexibility index (Phi) is 6.00. The molecule has 1 saturated heterocycles. The summed E-state index contributed by atoms with van der Waals surface area (Å²) < 4.78 is 27.2. The molecule has 22 heavy (non-hydrogen) atoms. The predicted octanol–water partition coefficient (Wildman–Crippen LogP) is 2.38. The molecule has 1 fully saturated rings. The minimum Gasteiger partial charge on any atom is -0.339 e. The molecule has 124 valence electrons. The number of piperidine rings is 1. The lowest BCUT2D eigenvalue weighted by atomic mass is 10.00. The Balaban J connectivity index is 1.97. The van der Waals surface area contributed by atoms with Gasteiger partial charge >= 0.3 is 0 Å². The summed E-state index contributed by atoms with van der Waals surface area (Å²) in [5.74, 6) is -0.123. The fourth-order valence-corrected chi connectivity index (χ4v) is 5.09. The molecule has 0 radical (unpaired) electrons. The molecule has 2 heterocycles. The van der Waals surface area contributed by atoms with Gasteiger partial charge < -0.3 is 4.90 Å². The molecule has 1 unspecified atom stereocenters. The SMILES string of the molecule is CCc1ccc(S(=O)(=O)NCC(=O)N2CCCCC2CC)s1. The number of thiophene rings is 1. The van der Waals surface area contributed by atoms with E-state index in [1.54, 1.807) is 6.07 Å². The Labute approximate surface area is 136 Å². The number of nitrogens with zero attached hydrogens (tertiary/aromatic N) is 1. The zero-order chi connectivity index (χ0) is 16.2. The van der Waals surface area contributed by atoms with Crippen LogP contribution in [-0.4, -0.2) is 38.4 Å². The van der Waals surface area contributed by atoms with Crippen LogP contribution in [0.25, 0.3) is 0 Å². The van der Waals surface area contributed by atoms with Crippen molar-refractivity contribution >= 4 is 27.3 Å².